The van der Waals surface area contributed by atoms with E-state index in [1.54, 1.807) is 19.2 Å². The average Bonchev–Trinajstić information content (AvgIpc) is 2.41. The summed E-state index contributed by atoms with van der Waals surface area (Å²) in [6.45, 7) is 0. The minimum atomic E-state index is -0.484. The highest BCUT2D eigenvalue weighted by atomic mass is 79.9. The van der Waals surface area contributed by atoms with Crippen LogP contribution in [0.3, 0.4) is 0 Å². The molecule has 1 aromatic heterocycles. The second kappa shape index (κ2) is 5.36. The SMILES string of the molecule is CN(C(=O)c1cccc(F)c1Br)c1ccncc1N. The third-order valence-corrected chi connectivity index (χ3v) is 3.48. The van der Waals surface area contributed by atoms with Gasteiger partial charge in [0.05, 0.1) is 27.6 Å². The fourth-order valence-corrected chi connectivity index (χ4v) is 2.10. The van der Waals surface area contributed by atoms with Crippen LogP contribution in [0, 0.1) is 5.82 Å². The van der Waals surface area contributed by atoms with E-state index in [0.717, 1.165) is 0 Å². The van der Waals surface area contributed by atoms with Gasteiger partial charge in [-0.3, -0.25) is 9.78 Å². The summed E-state index contributed by atoms with van der Waals surface area (Å²) in [5, 5.41) is 0. The maximum atomic E-state index is 13.4. The smallest absolute Gasteiger partial charge is 0.259 e. The largest absolute Gasteiger partial charge is 0.396 e. The Hall–Kier alpha value is -1.95. The molecule has 0 spiro atoms. The molecule has 0 aliphatic rings. The molecule has 0 unspecified atom stereocenters. The van der Waals surface area contributed by atoms with Gasteiger partial charge in [0.1, 0.15) is 5.82 Å². The second-order valence-electron chi connectivity index (χ2n) is 3.90. The molecule has 0 atom stereocenters. The van der Waals surface area contributed by atoms with Gasteiger partial charge in [0.25, 0.3) is 5.91 Å². The lowest BCUT2D eigenvalue weighted by molar-refractivity contribution is 0.0992. The van der Waals surface area contributed by atoms with Gasteiger partial charge in [0, 0.05) is 13.2 Å². The van der Waals surface area contributed by atoms with Gasteiger partial charge in [-0.25, -0.2) is 4.39 Å². The van der Waals surface area contributed by atoms with E-state index in [1.165, 1.54) is 29.4 Å². The van der Waals surface area contributed by atoms with Gasteiger partial charge in [0.2, 0.25) is 0 Å². The van der Waals surface area contributed by atoms with Crippen molar-refractivity contribution in [3.05, 3.63) is 52.5 Å². The second-order valence-corrected chi connectivity index (χ2v) is 4.69. The maximum absolute atomic E-state index is 13.4. The molecule has 0 saturated heterocycles. The molecule has 2 aromatic rings. The Balaban J connectivity index is 2.40. The van der Waals surface area contributed by atoms with E-state index in [2.05, 4.69) is 20.9 Å². The zero-order chi connectivity index (χ0) is 14.0. The number of anilines is 2. The number of rotatable bonds is 2. The Bertz CT molecular complexity index is 633. The number of hydrogen-bond acceptors (Lipinski definition) is 3. The first kappa shape index (κ1) is 13.5. The Morgan fingerprint density at radius 1 is 1.42 bits per heavy atom. The quantitative estimate of drug-likeness (QED) is 0.924. The van der Waals surface area contributed by atoms with Gasteiger partial charge in [0.15, 0.2) is 0 Å². The standard InChI is InChI=1S/C13H11BrFN3O/c1-18(11-5-6-17-7-10(11)16)13(19)8-3-2-4-9(15)12(8)14/h2-7H,16H2,1H3. The summed E-state index contributed by atoms with van der Waals surface area (Å²) >= 11 is 3.07. The topological polar surface area (TPSA) is 59.2 Å². The van der Waals surface area contributed by atoms with Crippen molar-refractivity contribution in [2.45, 2.75) is 0 Å². The number of aromatic nitrogens is 1. The molecule has 0 saturated carbocycles. The highest BCUT2D eigenvalue weighted by Gasteiger charge is 2.19. The Labute approximate surface area is 118 Å². The molecule has 4 nitrogen and oxygen atoms in total. The fraction of sp³-hybridized carbons (Fsp3) is 0.0769. The van der Waals surface area contributed by atoms with Crippen molar-refractivity contribution in [1.82, 2.24) is 4.98 Å². The highest BCUT2D eigenvalue weighted by Crippen LogP contribution is 2.26. The first-order valence-electron chi connectivity index (χ1n) is 5.44. The first-order valence-corrected chi connectivity index (χ1v) is 6.23. The van der Waals surface area contributed by atoms with Crippen molar-refractivity contribution >= 4 is 33.2 Å². The van der Waals surface area contributed by atoms with Crippen LogP contribution in [0.4, 0.5) is 15.8 Å². The van der Waals surface area contributed by atoms with Crippen LogP contribution in [0.2, 0.25) is 0 Å². The number of benzene rings is 1. The third kappa shape index (κ3) is 2.58. The summed E-state index contributed by atoms with van der Waals surface area (Å²) in [5.41, 5.74) is 6.90. The number of nitrogens with zero attached hydrogens (tertiary/aromatic N) is 2. The number of pyridine rings is 1. The predicted octanol–water partition coefficient (Wildman–Crippen LogP) is 2.84. The van der Waals surface area contributed by atoms with Crippen molar-refractivity contribution in [2.75, 3.05) is 17.7 Å². The minimum absolute atomic E-state index is 0.138. The van der Waals surface area contributed by atoms with Crippen LogP contribution in [-0.4, -0.2) is 17.9 Å². The first-order chi connectivity index (χ1) is 9.02. The molecule has 1 heterocycles. The molecule has 0 aliphatic carbocycles. The van der Waals surface area contributed by atoms with Gasteiger partial charge >= 0.3 is 0 Å². The number of nitrogen functional groups attached to an aromatic ring is 1. The Morgan fingerprint density at radius 2 is 2.16 bits per heavy atom. The highest BCUT2D eigenvalue weighted by molar-refractivity contribution is 9.10. The van der Waals surface area contributed by atoms with Crippen LogP contribution in [0.5, 0.6) is 0 Å². The molecule has 2 rings (SSSR count). The molecule has 98 valence electrons. The van der Waals surface area contributed by atoms with Crippen molar-refractivity contribution in [3.8, 4) is 0 Å². The number of hydrogen-bond donors (Lipinski definition) is 1. The van der Waals surface area contributed by atoms with Crippen LogP contribution in [0.25, 0.3) is 0 Å². The number of nitrogens with two attached hydrogens (primary N) is 1. The van der Waals surface area contributed by atoms with E-state index >= 15 is 0 Å². The number of carbonyl (C=O) groups is 1. The van der Waals surface area contributed by atoms with Gasteiger partial charge in [-0.2, -0.15) is 0 Å². The minimum Gasteiger partial charge on any atom is -0.396 e. The van der Waals surface area contributed by atoms with Crippen LogP contribution in [0.1, 0.15) is 10.4 Å². The van der Waals surface area contributed by atoms with Crippen LogP contribution < -0.4 is 10.6 Å². The summed E-state index contributed by atoms with van der Waals surface area (Å²) in [5.74, 6) is -0.841. The molecular weight excluding hydrogens is 313 g/mol. The van der Waals surface area contributed by atoms with Gasteiger partial charge < -0.3 is 10.6 Å². The predicted molar refractivity (Wildman–Crippen MR) is 75.5 cm³/mol. The van der Waals surface area contributed by atoms with E-state index in [0.29, 0.717) is 11.4 Å². The molecule has 0 radical (unpaired) electrons. The van der Waals surface area contributed by atoms with E-state index in [9.17, 15) is 9.18 Å². The monoisotopic (exact) mass is 323 g/mol. The maximum Gasteiger partial charge on any atom is 0.259 e. The summed E-state index contributed by atoms with van der Waals surface area (Å²) in [6.07, 6.45) is 3.00. The molecule has 6 heteroatoms. The van der Waals surface area contributed by atoms with Crippen LogP contribution in [0.15, 0.2) is 41.1 Å². The fourth-order valence-electron chi connectivity index (χ4n) is 1.66. The summed E-state index contributed by atoms with van der Waals surface area (Å²) in [7, 11) is 1.57. The lowest BCUT2D eigenvalue weighted by Crippen LogP contribution is -2.27. The van der Waals surface area contributed by atoms with Crippen LogP contribution in [-0.2, 0) is 0 Å². The number of carbonyl (C=O) groups excluding carboxylic acids is 1. The van der Waals surface area contributed by atoms with Crippen molar-refractivity contribution in [1.29, 1.82) is 0 Å². The van der Waals surface area contributed by atoms with Gasteiger partial charge in [-0.15, -0.1) is 0 Å². The number of amides is 1. The van der Waals surface area contributed by atoms with Crippen molar-refractivity contribution in [3.63, 3.8) is 0 Å². The molecule has 0 bridgehead atoms. The van der Waals surface area contributed by atoms with Crippen molar-refractivity contribution in [2.24, 2.45) is 0 Å². The lowest BCUT2D eigenvalue weighted by Gasteiger charge is -2.19. The van der Waals surface area contributed by atoms with E-state index < -0.39 is 5.82 Å². The van der Waals surface area contributed by atoms with Gasteiger partial charge in [-0.1, -0.05) is 6.07 Å². The molecule has 0 fully saturated rings. The number of halogens is 2. The van der Waals surface area contributed by atoms with Gasteiger partial charge in [-0.05, 0) is 34.1 Å². The van der Waals surface area contributed by atoms with E-state index in [-0.39, 0.29) is 15.9 Å². The molecular formula is C13H11BrFN3O. The molecule has 0 aliphatic heterocycles. The molecule has 1 amide bonds. The molecule has 1 aromatic carbocycles. The summed E-state index contributed by atoms with van der Waals surface area (Å²) in [6, 6.07) is 5.93. The Morgan fingerprint density at radius 3 is 2.84 bits per heavy atom. The molecule has 2 N–H and O–H groups in total. The third-order valence-electron chi connectivity index (χ3n) is 2.68. The van der Waals surface area contributed by atoms with Crippen LogP contribution >= 0.6 is 15.9 Å². The summed E-state index contributed by atoms with van der Waals surface area (Å²) in [4.78, 5) is 17.5. The average molecular weight is 324 g/mol. The zero-order valence-electron chi connectivity index (χ0n) is 10.1. The van der Waals surface area contributed by atoms with Crippen molar-refractivity contribution < 1.29 is 9.18 Å². The zero-order valence-corrected chi connectivity index (χ0v) is 11.7. The Kier molecular flexibility index (Phi) is 3.80. The normalized spacial score (nSPS) is 10.3. The van der Waals surface area contributed by atoms with E-state index in [1.807, 2.05) is 0 Å². The summed E-state index contributed by atoms with van der Waals surface area (Å²) < 4.78 is 13.6. The lowest BCUT2D eigenvalue weighted by atomic mass is 10.2. The van der Waals surface area contributed by atoms with E-state index in [4.69, 9.17) is 5.73 Å². The molecule has 19 heavy (non-hydrogen) atoms.